The van der Waals surface area contributed by atoms with Crippen molar-refractivity contribution in [2.45, 2.75) is 19.8 Å². The number of methoxy groups -OCH3 is 1. The molecular weight excluding hydrogens is 486 g/mol. The van der Waals surface area contributed by atoms with Crippen molar-refractivity contribution in [3.8, 4) is 28.3 Å². The molecule has 3 aromatic carbocycles. The molecule has 192 valence electrons. The lowest BCUT2D eigenvalue weighted by Crippen LogP contribution is -2.33. The average Bonchev–Trinajstić information content (AvgIpc) is 2.92. The summed E-state index contributed by atoms with van der Waals surface area (Å²) in [5, 5.41) is 13.1. The number of rotatable bonds is 4. The zero-order valence-corrected chi connectivity index (χ0v) is 21.1. The summed E-state index contributed by atoms with van der Waals surface area (Å²) in [4.78, 5) is 18.9. The molecule has 0 spiro atoms. The molecule has 0 atom stereocenters. The number of hydrogen-bond donors (Lipinski definition) is 1. The van der Waals surface area contributed by atoms with E-state index in [-0.39, 0.29) is 0 Å². The Balaban J connectivity index is 1.75. The van der Waals surface area contributed by atoms with Crippen LogP contribution in [0.4, 0.5) is 25.0 Å². The van der Waals surface area contributed by atoms with Crippen LogP contribution < -0.4 is 10.2 Å². The molecule has 1 aliphatic heterocycles. The Morgan fingerprint density at radius 1 is 1.05 bits per heavy atom. The van der Waals surface area contributed by atoms with Gasteiger partial charge >= 0.3 is 6.09 Å². The number of fused-ring (bicyclic) bond motifs is 1. The van der Waals surface area contributed by atoms with Crippen molar-refractivity contribution in [1.29, 1.82) is 5.26 Å². The summed E-state index contributed by atoms with van der Waals surface area (Å²) in [5.41, 5.74) is 4.64. The minimum absolute atomic E-state index is 0.292. The smallest absolute Gasteiger partial charge is 0.411 e. The van der Waals surface area contributed by atoms with E-state index in [0.717, 1.165) is 54.2 Å². The molecule has 1 saturated heterocycles. The summed E-state index contributed by atoms with van der Waals surface area (Å²) < 4.78 is 33.3. The zero-order valence-electron chi connectivity index (χ0n) is 21.1. The summed E-state index contributed by atoms with van der Waals surface area (Å²) in [6.45, 7) is 3.82. The summed E-state index contributed by atoms with van der Waals surface area (Å²) >= 11 is 0. The van der Waals surface area contributed by atoms with E-state index >= 15 is 0 Å². The van der Waals surface area contributed by atoms with Crippen molar-refractivity contribution in [3.63, 3.8) is 0 Å². The van der Waals surface area contributed by atoms with Gasteiger partial charge in [0.25, 0.3) is 0 Å². The fourth-order valence-electron chi connectivity index (χ4n) is 5.01. The van der Waals surface area contributed by atoms with Crippen LogP contribution in [0.1, 0.15) is 25.3 Å². The number of para-hydroxylation sites is 1. The third kappa shape index (κ3) is 4.88. The monoisotopic (exact) mass is 512 g/mol. The number of nitrogens with zero attached hydrogens (tertiary/aromatic N) is 3. The van der Waals surface area contributed by atoms with Crippen LogP contribution in [0.3, 0.4) is 0 Å². The number of benzene rings is 3. The van der Waals surface area contributed by atoms with E-state index in [0.29, 0.717) is 33.9 Å². The Bertz CT molecular complexity index is 1550. The molecule has 1 N–H and O–H groups in total. The van der Waals surface area contributed by atoms with E-state index in [2.05, 4.69) is 28.2 Å². The molecule has 2 heterocycles. The Morgan fingerprint density at radius 3 is 2.47 bits per heavy atom. The highest BCUT2D eigenvalue weighted by molar-refractivity contribution is 6.03. The molecule has 4 aromatic rings. The number of hydrogen-bond acceptors (Lipinski definition) is 5. The summed E-state index contributed by atoms with van der Waals surface area (Å²) in [5.74, 6) is -0.719. The van der Waals surface area contributed by atoms with Gasteiger partial charge in [-0.15, -0.1) is 0 Å². The van der Waals surface area contributed by atoms with Crippen molar-refractivity contribution >= 4 is 28.4 Å². The van der Waals surface area contributed by atoms with E-state index in [9.17, 15) is 18.8 Å². The fraction of sp³-hybridized carbons (Fsp3) is 0.233. The van der Waals surface area contributed by atoms with Gasteiger partial charge in [-0.3, -0.25) is 10.3 Å². The number of carbonyl (C=O) groups excluding carboxylic acids is 1. The molecule has 0 bridgehead atoms. The van der Waals surface area contributed by atoms with Gasteiger partial charge in [-0.1, -0.05) is 25.1 Å². The van der Waals surface area contributed by atoms with Crippen molar-refractivity contribution < 1.29 is 18.3 Å². The summed E-state index contributed by atoms with van der Waals surface area (Å²) in [7, 11) is 1.26. The second-order valence-corrected chi connectivity index (χ2v) is 9.54. The maximum Gasteiger partial charge on any atom is 0.411 e. The van der Waals surface area contributed by atoms with Crippen LogP contribution in [-0.4, -0.2) is 31.3 Å². The predicted molar refractivity (Wildman–Crippen MR) is 144 cm³/mol. The quantitative estimate of drug-likeness (QED) is 0.315. The SMILES string of the molecule is COC(=O)Nc1c(C#N)cccc1-c1ccc2ncc(-c3cc(F)cc(F)c3)c(N3CCC(C)CC3)c2c1. The van der Waals surface area contributed by atoms with Gasteiger partial charge in [0.2, 0.25) is 0 Å². The van der Waals surface area contributed by atoms with Gasteiger partial charge in [0.1, 0.15) is 17.7 Å². The van der Waals surface area contributed by atoms with E-state index in [4.69, 9.17) is 4.74 Å². The number of ether oxygens (including phenoxy) is 1. The van der Waals surface area contributed by atoms with Crippen LogP contribution >= 0.6 is 0 Å². The topological polar surface area (TPSA) is 78.2 Å². The molecule has 0 saturated carbocycles. The van der Waals surface area contributed by atoms with Crippen molar-refractivity contribution in [2.24, 2.45) is 5.92 Å². The van der Waals surface area contributed by atoms with Crippen molar-refractivity contribution in [3.05, 3.63) is 78.0 Å². The molecule has 0 aliphatic carbocycles. The molecule has 1 amide bonds. The van der Waals surface area contributed by atoms with Gasteiger partial charge in [0.05, 0.1) is 29.6 Å². The van der Waals surface area contributed by atoms with Gasteiger partial charge in [0.15, 0.2) is 0 Å². The number of nitrogens with one attached hydrogen (secondary N) is 1. The Morgan fingerprint density at radius 2 is 1.79 bits per heavy atom. The van der Waals surface area contributed by atoms with Crippen LogP contribution in [-0.2, 0) is 4.74 Å². The highest BCUT2D eigenvalue weighted by Gasteiger charge is 2.23. The average molecular weight is 513 g/mol. The molecule has 1 aliphatic rings. The van der Waals surface area contributed by atoms with E-state index in [1.165, 1.54) is 19.2 Å². The first-order valence-electron chi connectivity index (χ1n) is 12.4. The van der Waals surface area contributed by atoms with Crippen LogP contribution in [0.2, 0.25) is 0 Å². The van der Waals surface area contributed by atoms with Gasteiger partial charge in [-0.05, 0) is 60.2 Å². The standard InChI is InChI=1S/C30H26F2N4O2/c1-18-8-10-36(11-9-18)29-25-14-19(24-5-3-4-20(16-33)28(24)35-30(37)38-2)6-7-27(25)34-17-26(29)21-12-22(31)15-23(32)13-21/h3-7,12-15,17-18H,8-11H2,1-2H3,(H,35,37). The van der Waals surface area contributed by atoms with Gasteiger partial charge in [0, 0.05) is 41.9 Å². The highest BCUT2D eigenvalue weighted by Crippen LogP contribution is 2.41. The molecule has 38 heavy (non-hydrogen) atoms. The molecular formula is C30H26F2N4O2. The zero-order chi connectivity index (χ0) is 26.8. The minimum atomic E-state index is -0.685. The van der Waals surface area contributed by atoms with Crippen molar-refractivity contribution in [2.75, 3.05) is 30.4 Å². The summed E-state index contributed by atoms with van der Waals surface area (Å²) in [6, 6.07) is 16.5. The van der Waals surface area contributed by atoms with Crippen molar-refractivity contribution in [1.82, 2.24) is 4.98 Å². The molecule has 0 radical (unpaired) electrons. The van der Waals surface area contributed by atoms with E-state index in [1.54, 1.807) is 18.3 Å². The second-order valence-electron chi connectivity index (χ2n) is 9.54. The minimum Gasteiger partial charge on any atom is -0.453 e. The molecule has 0 unspecified atom stereocenters. The number of pyridine rings is 1. The second kappa shape index (κ2) is 10.5. The number of halogens is 2. The van der Waals surface area contributed by atoms with Crippen LogP contribution in [0.25, 0.3) is 33.2 Å². The third-order valence-electron chi connectivity index (χ3n) is 7.02. The number of aromatic nitrogens is 1. The first-order chi connectivity index (χ1) is 18.4. The highest BCUT2D eigenvalue weighted by atomic mass is 19.1. The lowest BCUT2D eigenvalue weighted by Gasteiger charge is -2.34. The van der Waals surface area contributed by atoms with Gasteiger partial charge in [-0.2, -0.15) is 5.26 Å². The van der Waals surface area contributed by atoms with Gasteiger partial charge in [-0.25, -0.2) is 13.6 Å². The van der Waals surface area contributed by atoms with Crippen LogP contribution in [0.15, 0.2) is 60.8 Å². The number of anilines is 2. The fourth-order valence-corrected chi connectivity index (χ4v) is 5.01. The molecule has 1 fully saturated rings. The van der Waals surface area contributed by atoms with E-state index in [1.807, 2.05) is 24.3 Å². The Kier molecular flexibility index (Phi) is 6.93. The first kappa shape index (κ1) is 25.2. The molecule has 6 nitrogen and oxygen atoms in total. The summed E-state index contributed by atoms with van der Waals surface area (Å²) in [6.07, 6.45) is 2.98. The molecule has 1 aromatic heterocycles. The third-order valence-corrected chi connectivity index (χ3v) is 7.02. The Hall–Kier alpha value is -4.51. The molecule has 5 rings (SSSR count). The number of piperidine rings is 1. The lowest BCUT2D eigenvalue weighted by molar-refractivity contribution is 0.187. The number of nitriles is 1. The van der Waals surface area contributed by atoms with Crippen LogP contribution in [0.5, 0.6) is 0 Å². The lowest BCUT2D eigenvalue weighted by atomic mass is 9.93. The predicted octanol–water partition coefficient (Wildman–Crippen LogP) is 7.13. The number of amides is 1. The normalized spacial score (nSPS) is 13.8. The Labute approximate surface area is 219 Å². The van der Waals surface area contributed by atoms with Gasteiger partial charge < -0.3 is 9.64 Å². The first-order valence-corrected chi connectivity index (χ1v) is 12.4. The van der Waals surface area contributed by atoms with E-state index < -0.39 is 17.7 Å². The maximum absolute atomic E-state index is 14.2. The molecule has 8 heteroatoms. The number of carbonyl (C=O) groups is 1. The maximum atomic E-state index is 14.2. The van der Waals surface area contributed by atoms with Crippen LogP contribution in [0, 0.1) is 28.9 Å². The largest absolute Gasteiger partial charge is 0.453 e.